The number of halogens is 2. The first-order chi connectivity index (χ1) is 6.29. The molecule has 14 heavy (non-hydrogen) atoms. The van der Waals surface area contributed by atoms with E-state index in [1.807, 2.05) is 0 Å². The molecule has 0 aliphatic carbocycles. The van der Waals surface area contributed by atoms with Gasteiger partial charge in [0.2, 0.25) is 10.0 Å². The number of nitrogens with one attached hydrogen (secondary N) is 1. The summed E-state index contributed by atoms with van der Waals surface area (Å²) in [6.07, 6.45) is 1.01. The Balaban J connectivity index is 3.22. The molecular formula is C7H8Cl2N2O2S. The maximum atomic E-state index is 10.9. The van der Waals surface area contributed by atoms with Gasteiger partial charge < -0.3 is 5.73 Å². The highest BCUT2D eigenvalue weighted by atomic mass is 35.5. The molecule has 1 aromatic rings. The van der Waals surface area contributed by atoms with Gasteiger partial charge in [-0.2, -0.15) is 0 Å². The SMILES string of the molecule is CS(=O)(=O)Nc1c(N)cc(Cl)cc1Cl. The average molecular weight is 255 g/mol. The molecule has 4 nitrogen and oxygen atoms in total. The molecular weight excluding hydrogens is 247 g/mol. The average Bonchev–Trinajstić information content (AvgIpc) is 1.95. The van der Waals surface area contributed by atoms with E-state index >= 15 is 0 Å². The molecule has 1 rings (SSSR count). The van der Waals surface area contributed by atoms with Crippen LogP contribution in [0.4, 0.5) is 11.4 Å². The van der Waals surface area contributed by atoms with Crippen molar-refractivity contribution in [1.82, 2.24) is 0 Å². The summed E-state index contributed by atoms with van der Waals surface area (Å²) in [4.78, 5) is 0. The van der Waals surface area contributed by atoms with Crippen molar-refractivity contribution in [3.8, 4) is 0 Å². The second kappa shape index (κ2) is 3.84. The molecule has 0 saturated heterocycles. The molecule has 7 heteroatoms. The fraction of sp³-hybridized carbons (Fsp3) is 0.143. The lowest BCUT2D eigenvalue weighted by Crippen LogP contribution is -2.11. The third kappa shape index (κ3) is 2.94. The zero-order valence-corrected chi connectivity index (χ0v) is 9.54. The van der Waals surface area contributed by atoms with Crippen molar-refractivity contribution in [1.29, 1.82) is 0 Å². The molecule has 0 aromatic heterocycles. The Labute approximate surface area is 92.1 Å². The van der Waals surface area contributed by atoms with E-state index < -0.39 is 10.0 Å². The van der Waals surface area contributed by atoms with Crippen molar-refractivity contribution in [2.75, 3.05) is 16.7 Å². The fourth-order valence-electron chi connectivity index (χ4n) is 0.887. The standard InChI is InChI=1S/C7H8Cl2N2O2S/c1-14(12,13)11-7-5(9)2-4(8)3-6(7)10/h2-3,11H,10H2,1H3. The predicted octanol–water partition coefficient (Wildman–Crippen LogP) is 1.95. The van der Waals surface area contributed by atoms with Gasteiger partial charge in [0, 0.05) is 5.02 Å². The molecule has 0 saturated carbocycles. The second-order valence-corrected chi connectivity index (χ2v) is 5.32. The molecule has 0 fully saturated rings. The van der Waals surface area contributed by atoms with Crippen molar-refractivity contribution in [3.63, 3.8) is 0 Å². The van der Waals surface area contributed by atoms with Crippen LogP contribution in [0, 0.1) is 0 Å². The largest absolute Gasteiger partial charge is 0.397 e. The highest BCUT2D eigenvalue weighted by molar-refractivity contribution is 7.92. The molecule has 1 aromatic carbocycles. The molecule has 0 bridgehead atoms. The Hall–Kier alpha value is -0.650. The maximum absolute atomic E-state index is 10.9. The first-order valence-corrected chi connectivity index (χ1v) is 6.16. The number of rotatable bonds is 2. The van der Waals surface area contributed by atoms with Crippen LogP contribution in [-0.2, 0) is 10.0 Å². The van der Waals surface area contributed by atoms with Gasteiger partial charge in [-0.1, -0.05) is 23.2 Å². The molecule has 0 aliphatic rings. The van der Waals surface area contributed by atoms with E-state index in [1.165, 1.54) is 12.1 Å². The number of anilines is 2. The molecule has 0 heterocycles. The highest BCUT2D eigenvalue weighted by Gasteiger charge is 2.10. The van der Waals surface area contributed by atoms with Crippen molar-refractivity contribution >= 4 is 44.6 Å². The van der Waals surface area contributed by atoms with Crippen LogP contribution in [0.1, 0.15) is 0 Å². The molecule has 0 amide bonds. The third-order valence-electron chi connectivity index (χ3n) is 1.37. The van der Waals surface area contributed by atoms with Crippen molar-refractivity contribution in [3.05, 3.63) is 22.2 Å². The zero-order valence-electron chi connectivity index (χ0n) is 7.21. The van der Waals surface area contributed by atoms with E-state index in [9.17, 15) is 8.42 Å². The van der Waals surface area contributed by atoms with Gasteiger partial charge in [0.05, 0.1) is 22.7 Å². The number of sulfonamides is 1. The van der Waals surface area contributed by atoms with Crippen molar-refractivity contribution < 1.29 is 8.42 Å². The maximum Gasteiger partial charge on any atom is 0.229 e. The molecule has 0 spiro atoms. The number of nitrogens with two attached hydrogens (primary N) is 1. The number of nitrogen functional groups attached to an aromatic ring is 1. The summed E-state index contributed by atoms with van der Waals surface area (Å²) in [6.45, 7) is 0. The second-order valence-electron chi connectivity index (χ2n) is 2.73. The number of hydrogen-bond acceptors (Lipinski definition) is 3. The minimum Gasteiger partial charge on any atom is -0.397 e. The summed E-state index contributed by atoms with van der Waals surface area (Å²) in [5.41, 5.74) is 5.87. The smallest absolute Gasteiger partial charge is 0.229 e. The van der Waals surface area contributed by atoms with E-state index in [4.69, 9.17) is 28.9 Å². The van der Waals surface area contributed by atoms with Crippen LogP contribution in [0.2, 0.25) is 10.0 Å². The van der Waals surface area contributed by atoms with Crippen LogP contribution < -0.4 is 10.5 Å². The minimum absolute atomic E-state index is 0.151. The van der Waals surface area contributed by atoms with Crippen LogP contribution in [0.5, 0.6) is 0 Å². The summed E-state index contributed by atoms with van der Waals surface area (Å²) < 4.78 is 24.1. The molecule has 3 N–H and O–H groups in total. The molecule has 0 radical (unpaired) electrons. The lowest BCUT2D eigenvalue weighted by molar-refractivity contribution is 0.607. The molecule has 0 unspecified atom stereocenters. The highest BCUT2D eigenvalue weighted by Crippen LogP contribution is 2.32. The van der Waals surface area contributed by atoms with E-state index in [2.05, 4.69) is 4.72 Å². The van der Waals surface area contributed by atoms with Crippen LogP contribution in [-0.4, -0.2) is 14.7 Å². The van der Waals surface area contributed by atoms with Crippen molar-refractivity contribution in [2.24, 2.45) is 0 Å². The summed E-state index contributed by atoms with van der Waals surface area (Å²) in [5, 5.41) is 0.520. The lowest BCUT2D eigenvalue weighted by Gasteiger charge is -2.09. The Morgan fingerprint density at radius 2 is 1.93 bits per heavy atom. The zero-order chi connectivity index (χ0) is 10.9. The first kappa shape index (κ1) is 11.4. The van der Waals surface area contributed by atoms with E-state index in [0.29, 0.717) is 5.02 Å². The lowest BCUT2D eigenvalue weighted by atomic mass is 10.3. The van der Waals surface area contributed by atoms with Crippen LogP contribution in [0.3, 0.4) is 0 Å². The summed E-state index contributed by atoms with van der Waals surface area (Å²) in [5.74, 6) is 0. The fourth-order valence-corrected chi connectivity index (χ4v) is 2.10. The van der Waals surface area contributed by atoms with Crippen molar-refractivity contribution in [2.45, 2.75) is 0 Å². The van der Waals surface area contributed by atoms with E-state index in [-0.39, 0.29) is 16.4 Å². The van der Waals surface area contributed by atoms with E-state index in [1.54, 1.807) is 0 Å². The normalized spacial score (nSPS) is 11.4. The van der Waals surface area contributed by atoms with E-state index in [0.717, 1.165) is 6.26 Å². The number of benzene rings is 1. The summed E-state index contributed by atoms with van der Waals surface area (Å²) in [6, 6.07) is 2.83. The minimum atomic E-state index is -3.39. The van der Waals surface area contributed by atoms with Gasteiger partial charge in [0.15, 0.2) is 0 Å². The molecule has 78 valence electrons. The Kier molecular flexibility index (Phi) is 3.14. The Morgan fingerprint density at radius 1 is 1.36 bits per heavy atom. The van der Waals surface area contributed by atoms with Crippen LogP contribution in [0.25, 0.3) is 0 Å². The molecule has 0 atom stereocenters. The van der Waals surface area contributed by atoms with Gasteiger partial charge in [-0.05, 0) is 12.1 Å². The predicted molar refractivity (Wildman–Crippen MR) is 59.3 cm³/mol. The first-order valence-electron chi connectivity index (χ1n) is 3.52. The Morgan fingerprint density at radius 3 is 2.36 bits per heavy atom. The summed E-state index contributed by atoms with van der Waals surface area (Å²) >= 11 is 11.4. The van der Waals surface area contributed by atoms with Gasteiger partial charge in [0.25, 0.3) is 0 Å². The van der Waals surface area contributed by atoms with Gasteiger partial charge >= 0.3 is 0 Å². The quantitative estimate of drug-likeness (QED) is 0.793. The summed E-state index contributed by atoms with van der Waals surface area (Å²) in [7, 11) is -3.39. The number of hydrogen-bond donors (Lipinski definition) is 2. The van der Waals surface area contributed by atoms with Gasteiger partial charge in [-0.15, -0.1) is 0 Å². The topological polar surface area (TPSA) is 72.2 Å². The van der Waals surface area contributed by atoms with Gasteiger partial charge in [0.1, 0.15) is 0 Å². The van der Waals surface area contributed by atoms with Crippen LogP contribution >= 0.6 is 23.2 Å². The van der Waals surface area contributed by atoms with Crippen LogP contribution in [0.15, 0.2) is 12.1 Å². The van der Waals surface area contributed by atoms with Gasteiger partial charge in [-0.25, -0.2) is 8.42 Å². The Bertz CT molecular complexity index is 436. The third-order valence-corrected chi connectivity index (χ3v) is 2.46. The molecule has 0 aliphatic heterocycles. The monoisotopic (exact) mass is 254 g/mol. The van der Waals surface area contributed by atoms with Gasteiger partial charge in [-0.3, -0.25) is 4.72 Å².